The first-order valence-electron chi connectivity index (χ1n) is 7.05. The standard InChI is InChI=1S/C14H30N2/c1-6-14(7-2)16(5)12(4)11(3)10-15-13-8-9-13/h11-15H,6-10H2,1-5H3. The molecule has 0 aromatic heterocycles. The molecule has 96 valence electrons. The molecule has 2 atom stereocenters. The van der Waals surface area contributed by atoms with E-state index in [1.807, 2.05) is 0 Å². The summed E-state index contributed by atoms with van der Waals surface area (Å²) in [6, 6.07) is 2.27. The summed E-state index contributed by atoms with van der Waals surface area (Å²) in [6.07, 6.45) is 5.31. The van der Waals surface area contributed by atoms with Crippen molar-refractivity contribution in [3.63, 3.8) is 0 Å². The molecule has 2 nitrogen and oxygen atoms in total. The molecule has 1 aliphatic rings. The molecule has 0 spiro atoms. The third-order valence-electron chi connectivity index (χ3n) is 4.29. The SMILES string of the molecule is CCC(CC)N(C)C(C)C(C)CNC1CC1. The number of nitrogens with one attached hydrogen (secondary N) is 1. The van der Waals surface area contributed by atoms with E-state index in [4.69, 9.17) is 0 Å². The van der Waals surface area contributed by atoms with Crippen LogP contribution in [-0.2, 0) is 0 Å². The molecule has 0 aliphatic heterocycles. The molecular formula is C14H30N2. The summed E-state index contributed by atoms with van der Waals surface area (Å²) in [4.78, 5) is 2.57. The van der Waals surface area contributed by atoms with Gasteiger partial charge in [0.15, 0.2) is 0 Å². The monoisotopic (exact) mass is 226 g/mol. The van der Waals surface area contributed by atoms with Crippen LogP contribution in [0.3, 0.4) is 0 Å². The normalized spacial score (nSPS) is 20.4. The third-order valence-corrected chi connectivity index (χ3v) is 4.29. The van der Waals surface area contributed by atoms with Crippen LogP contribution in [-0.4, -0.2) is 36.6 Å². The summed E-state index contributed by atoms with van der Waals surface area (Å²) >= 11 is 0. The molecule has 1 N–H and O–H groups in total. The molecule has 2 heteroatoms. The molecule has 2 unspecified atom stereocenters. The predicted octanol–water partition coefficient (Wildman–Crippen LogP) is 2.88. The van der Waals surface area contributed by atoms with Crippen LogP contribution in [0.2, 0.25) is 0 Å². The first-order valence-corrected chi connectivity index (χ1v) is 7.05. The molecule has 0 aromatic carbocycles. The Morgan fingerprint density at radius 3 is 2.19 bits per heavy atom. The summed E-state index contributed by atoms with van der Waals surface area (Å²) < 4.78 is 0. The van der Waals surface area contributed by atoms with Crippen LogP contribution < -0.4 is 5.32 Å². The third kappa shape index (κ3) is 4.06. The van der Waals surface area contributed by atoms with E-state index >= 15 is 0 Å². The molecular weight excluding hydrogens is 196 g/mol. The van der Waals surface area contributed by atoms with Gasteiger partial charge in [0, 0.05) is 18.1 Å². The van der Waals surface area contributed by atoms with E-state index in [1.165, 1.54) is 32.2 Å². The maximum Gasteiger partial charge on any atom is 0.0104 e. The maximum atomic E-state index is 3.64. The van der Waals surface area contributed by atoms with Gasteiger partial charge in [-0.05, 0) is 52.1 Å². The van der Waals surface area contributed by atoms with Crippen LogP contribution in [0.15, 0.2) is 0 Å². The van der Waals surface area contributed by atoms with E-state index in [0.717, 1.165) is 18.0 Å². The Balaban J connectivity index is 2.31. The highest BCUT2D eigenvalue weighted by atomic mass is 15.2. The lowest BCUT2D eigenvalue weighted by Gasteiger charge is -2.35. The van der Waals surface area contributed by atoms with Gasteiger partial charge in [-0.2, -0.15) is 0 Å². The van der Waals surface area contributed by atoms with Crippen molar-refractivity contribution in [3.8, 4) is 0 Å². The molecule has 1 rings (SSSR count). The number of hydrogen-bond acceptors (Lipinski definition) is 2. The molecule has 0 amide bonds. The quantitative estimate of drug-likeness (QED) is 0.684. The van der Waals surface area contributed by atoms with Crippen LogP contribution in [0, 0.1) is 5.92 Å². The summed E-state index contributed by atoms with van der Waals surface area (Å²) in [7, 11) is 2.29. The molecule has 0 saturated heterocycles. The van der Waals surface area contributed by atoms with E-state index in [-0.39, 0.29) is 0 Å². The van der Waals surface area contributed by atoms with Gasteiger partial charge in [0.1, 0.15) is 0 Å². The van der Waals surface area contributed by atoms with Crippen LogP contribution in [0.4, 0.5) is 0 Å². The zero-order chi connectivity index (χ0) is 12.1. The van der Waals surface area contributed by atoms with Crippen molar-refractivity contribution in [2.24, 2.45) is 5.92 Å². The summed E-state index contributed by atoms with van der Waals surface area (Å²) in [5.41, 5.74) is 0. The smallest absolute Gasteiger partial charge is 0.0104 e. The summed E-state index contributed by atoms with van der Waals surface area (Å²) in [5.74, 6) is 0.742. The first-order chi connectivity index (χ1) is 7.60. The minimum Gasteiger partial charge on any atom is -0.314 e. The van der Waals surface area contributed by atoms with Gasteiger partial charge >= 0.3 is 0 Å². The Bertz CT molecular complexity index is 185. The topological polar surface area (TPSA) is 15.3 Å². The second-order valence-corrected chi connectivity index (χ2v) is 5.54. The predicted molar refractivity (Wildman–Crippen MR) is 71.8 cm³/mol. The Kier molecular flexibility index (Phi) is 5.77. The van der Waals surface area contributed by atoms with Crippen molar-refractivity contribution >= 4 is 0 Å². The van der Waals surface area contributed by atoms with Gasteiger partial charge in [-0.25, -0.2) is 0 Å². The van der Waals surface area contributed by atoms with Crippen molar-refractivity contribution in [2.75, 3.05) is 13.6 Å². The largest absolute Gasteiger partial charge is 0.314 e. The lowest BCUT2D eigenvalue weighted by atomic mass is 9.99. The van der Waals surface area contributed by atoms with E-state index in [9.17, 15) is 0 Å². The summed E-state index contributed by atoms with van der Waals surface area (Å²) in [6.45, 7) is 10.5. The number of hydrogen-bond donors (Lipinski definition) is 1. The molecule has 0 aromatic rings. The second-order valence-electron chi connectivity index (χ2n) is 5.54. The van der Waals surface area contributed by atoms with Gasteiger partial charge in [-0.1, -0.05) is 20.8 Å². The Hall–Kier alpha value is -0.0800. The van der Waals surface area contributed by atoms with Crippen molar-refractivity contribution in [1.29, 1.82) is 0 Å². The first kappa shape index (κ1) is 14.0. The molecule has 0 heterocycles. The van der Waals surface area contributed by atoms with E-state index in [1.54, 1.807) is 0 Å². The van der Waals surface area contributed by atoms with E-state index < -0.39 is 0 Å². The Morgan fingerprint density at radius 1 is 1.19 bits per heavy atom. The lowest BCUT2D eigenvalue weighted by Crippen LogP contribution is -2.44. The average molecular weight is 226 g/mol. The minimum atomic E-state index is 0.677. The van der Waals surface area contributed by atoms with Crippen molar-refractivity contribution in [2.45, 2.75) is 71.5 Å². The van der Waals surface area contributed by atoms with Crippen molar-refractivity contribution in [3.05, 3.63) is 0 Å². The summed E-state index contributed by atoms with van der Waals surface area (Å²) in [5, 5.41) is 3.64. The van der Waals surface area contributed by atoms with E-state index in [2.05, 4.69) is 45.0 Å². The maximum absolute atomic E-state index is 3.64. The Morgan fingerprint density at radius 2 is 1.75 bits per heavy atom. The highest BCUT2D eigenvalue weighted by Crippen LogP contribution is 2.20. The number of rotatable bonds is 8. The van der Waals surface area contributed by atoms with Gasteiger partial charge in [-0.3, -0.25) is 0 Å². The van der Waals surface area contributed by atoms with Crippen molar-refractivity contribution in [1.82, 2.24) is 10.2 Å². The van der Waals surface area contributed by atoms with Crippen LogP contribution in [0.25, 0.3) is 0 Å². The zero-order valence-corrected chi connectivity index (χ0v) is 11.8. The van der Waals surface area contributed by atoms with Crippen LogP contribution >= 0.6 is 0 Å². The van der Waals surface area contributed by atoms with Crippen molar-refractivity contribution < 1.29 is 0 Å². The molecule has 1 saturated carbocycles. The van der Waals surface area contributed by atoms with E-state index in [0.29, 0.717) is 6.04 Å². The molecule has 16 heavy (non-hydrogen) atoms. The highest BCUT2D eigenvalue weighted by Gasteiger charge is 2.25. The fraction of sp³-hybridized carbons (Fsp3) is 1.00. The second kappa shape index (κ2) is 6.61. The van der Waals surface area contributed by atoms with Gasteiger partial charge in [0.25, 0.3) is 0 Å². The average Bonchev–Trinajstić information content (AvgIpc) is 3.10. The van der Waals surface area contributed by atoms with Gasteiger partial charge in [-0.15, -0.1) is 0 Å². The molecule has 0 bridgehead atoms. The zero-order valence-electron chi connectivity index (χ0n) is 11.8. The van der Waals surface area contributed by atoms with Gasteiger partial charge in [0.05, 0.1) is 0 Å². The fourth-order valence-corrected chi connectivity index (χ4v) is 2.41. The fourth-order valence-electron chi connectivity index (χ4n) is 2.41. The molecule has 1 fully saturated rings. The molecule has 0 radical (unpaired) electrons. The van der Waals surface area contributed by atoms with Gasteiger partial charge < -0.3 is 10.2 Å². The molecule has 1 aliphatic carbocycles. The van der Waals surface area contributed by atoms with Crippen LogP contribution in [0.5, 0.6) is 0 Å². The van der Waals surface area contributed by atoms with Gasteiger partial charge in [0.2, 0.25) is 0 Å². The number of nitrogens with zero attached hydrogens (tertiary/aromatic N) is 1. The van der Waals surface area contributed by atoms with Crippen LogP contribution in [0.1, 0.15) is 53.4 Å². The minimum absolute atomic E-state index is 0.677. The highest BCUT2D eigenvalue weighted by molar-refractivity contribution is 4.84. The Labute approximate surface area is 102 Å². The lowest BCUT2D eigenvalue weighted by molar-refractivity contribution is 0.133.